The van der Waals surface area contributed by atoms with Crippen molar-refractivity contribution < 1.29 is 9.53 Å². The van der Waals surface area contributed by atoms with Crippen LogP contribution in [0, 0.1) is 0 Å². The van der Waals surface area contributed by atoms with Gasteiger partial charge in [-0.25, -0.2) is 0 Å². The molecule has 0 unspecified atom stereocenters. The van der Waals surface area contributed by atoms with Gasteiger partial charge in [-0.15, -0.1) is 0 Å². The molecule has 0 radical (unpaired) electrons. The molecule has 0 atom stereocenters. The second kappa shape index (κ2) is 7.60. The molecule has 0 aliphatic carbocycles. The molecule has 94 valence electrons. The summed E-state index contributed by atoms with van der Waals surface area (Å²) in [5, 5.41) is 6.12. The molecule has 16 heavy (non-hydrogen) atoms. The Morgan fingerprint density at radius 2 is 2.12 bits per heavy atom. The SMILES string of the molecule is CN(C)CC(=O)NCCOC1CCNCC1. The molecular weight excluding hydrogens is 206 g/mol. The minimum absolute atomic E-state index is 0.0545. The van der Waals surface area contributed by atoms with Gasteiger partial charge >= 0.3 is 0 Å². The number of hydrogen-bond acceptors (Lipinski definition) is 4. The van der Waals surface area contributed by atoms with E-state index >= 15 is 0 Å². The van der Waals surface area contributed by atoms with Crippen LogP contribution in [0.5, 0.6) is 0 Å². The Labute approximate surface area is 97.5 Å². The molecule has 0 aromatic rings. The molecule has 2 N–H and O–H groups in total. The van der Waals surface area contributed by atoms with Crippen LogP contribution in [0.2, 0.25) is 0 Å². The first-order valence-electron chi connectivity index (χ1n) is 5.92. The number of nitrogens with one attached hydrogen (secondary N) is 2. The quantitative estimate of drug-likeness (QED) is 0.599. The van der Waals surface area contributed by atoms with Crippen molar-refractivity contribution in [2.45, 2.75) is 18.9 Å². The number of hydrogen-bond donors (Lipinski definition) is 2. The minimum atomic E-state index is 0.0545. The molecule has 0 bridgehead atoms. The Balaban J connectivity index is 1.96. The predicted molar refractivity (Wildman–Crippen MR) is 63.4 cm³/mol. The Morgan fingerprint density at radius 3 is 2.75 bits per heavy atom. The lowest BCUT2D eigenvalue weighted by molar-refractivity contribution is -0.122. The summed E-state index contributed by atoms with van der Waals surface area (Å²) >= 11 is 0. The molecule has 1 rings (SSSR count). The summed E-state index contributed by atoms with van der Waals surface area (Å²) in [7, 11) is 3.76. The summed E-state index contributed by atoms with van der Waals surface area (Å²) in [5.74, 6) is 0.0545. The van der Waals surface area contributed by atoms with Crippen molar-refractivity contribution in [3.05, 3.63) is 0 Å². The van der Waals surface area contributed by atoms with Crippen LogP contribution < -0.4 is 10.6 Å². The lowest BCUT2D eigenvalue weighted by atomic mass is 10.1. The maximum atomic E-state index is 11.3. The number of carbonyl (C=O) groups is 1. The van der Waals surface area contributed by atoms with Crippen LogP contribution in [0.4, 0.5) is 0 Å². The fourth-order valence-electron chi connectivity index (χ4n) is 1.72. The standard InChI is InChI=1S/C11H23N3O2/c1-14(2)9-11(15)13-7-8-16-10-3-5-12-6-4-10/h10,12H,3-9H2,1-2H3,(H,13,15). The lowest BCUT2D eigenvalue weighted by Crippen LogP contribution is -2.37. The van der Waals surface area contributed by atoms with Crippen LogP contribution >= 0.6 is 0 Å². The molecule has 5 nitrogen and oxygen atoms in total. The number of nitrogens with zero attached hydrogens (tertiary/aromatic N) is 1. The third kappa shape index (κ3) is 6.05. The fourth-order valence-corrected chi connectivity index (χ4v) is 1.72. The topological polar surface area (TPSA) is 53.6 Å². The van der Waals surface area contributed by atoms with Gasteiger partial charge in [-0.05, 0) is 40.0 Å². The highest BCUT2D eigenvalue weighted by Crippen LogP contribution is 2.06. The van der Waals surface area contributed by atoms with Gasteiger partial charge in [-0.2, -0.15) is 0 Å². The van der Waals surface area contributed by atoms with Gasteiger partial charge < -0.3 is 20.3 Å². The number of likely N-dealkylation sites (N-methyl/N-ethyl adjacent to an activating group) is 1. The van der Waals surface area contributed by atoms with Gasteiger partial charge in [0.2, 0.25) is 5.91 Å². The van der Waals surface area contributed by atoms with Crippen molar-refractivity contribution in [2.24, 2.45) is 0 Å². The van der Waals surface area contributed by atoms with Crippen molar-refractivity contribution in [2.75, 3.05) is 46.9 Å². The molecule has 1 aliphatic rings. The number of amides is 1. The Hall–Kier alpha value is -0.650. The van der Waals surface area contributed by atoms with Gasteiger partial charge in [0.05, 0.1) is 19.3 Å². The van der Waals surface area contributed by atoms with E-state index in [1.54, 1.807) is 0 Å². The van der Waals surface area contributed by atoms with Crippen LogP contribution in [-0.4, -0.2) is 63.8 Å². The third-order valence-corrected chi connectivity index (χ3v) is 2.52. The van der Waals surface area contributed by atoms with Crippen molar-refractivity contribution in [1.82, 2.24) is 15.5 Å². The molecular formula is C11H23N3O2. The van der Waals surface area contributed by atoms with Crippen molar-refractivity contribution in [3.63, 3.8) is 0 Å². The first-order chi connectivity index (χ1) is 7.68. The van der Waals surface area contributed by atoms with Crippen molar-refractivity contribution in [3.8, 4) is 0 Å². The zero-order valence-electron chi connectivity index (χ0n) is 10.3. The maximum absolute atomic E-state index is 11.3. The van der Waals surface area contributed by atoms with E-state index in [0.717, 1.165) is 25.9 Å². The molecule has 1 fully saturated rings. The number of piperidine rings is 1. The van der Waals surface area contributed by atoms with Crippen LogP contribution in [0.3, 0.4) is 0 Å². The van der Waals surface area contributed by atoms with Gasteiger partial charge in [-0.1, -0.05) is 0 Å². The van der Waals surface area contributed by atoms with Gasteiger partial charge in [0, 0.05) is 6.54 Å². The number of carbonyl (C=O) groups excluding carboxylic acids is 1. The molecule has 0 aromatic heterocycles. The summed E-state index contributed by atoms with van der Waals surface area (Å²) in [6.45, 7) is 3.74. The molecule has 1 amide bonds. The zero-order valence-corrected chi connectivity index (χ0v) is 10.3. The second-order valence-electron chi connectivity index (χ2n) is 4.41. The molecule has 0 aromatic carbocycles. The van der Waals surface area contributed by atoms with Crippen molar-refractivity contribution in [1.29, 1.82) is 0 Å². The van der Waals surface area contributed by atoms with Crippen LogP contribution in [0.15, 0.2) is 0 Å². The highest BCUT2D eigenvalue weighted by atomic mass is 16.5. The largest absolute Gasteiger partial charge is 0.376 e. The average Bonchev–Trinajstić information content (AvgIpc) is 2.25. The summed E-state index contributed by atoms with van der Waals surface area (Å²) < 4.78 is 5.67. The molecule has 1 heterocycles. The summed E-state index contributed by atoms with van der Waals surface area (Å²) in [6, 6.07) is 0. The first-order valence-corrected chi connectivity index (χ1v) is 5.92. The molecule has 0 saturated carbocycles. The highest BCUT2D eigenvalue weighted by Gasteiger charge is 2.12. The predicted octanol–water partition coefficient (Wildman–Crippen LogP) is -0.567. The second-order valence-corrected chi connectivity index (χ2v) is 4.41. The van der Waals surface area contributed by atoms with Gasteiger partial charge in [0.25, 0.3) is 0 Å². The van der Waals surface area contributed by atoms with Crippen LogP contribution in [-0.2, 0) is 9.53 Å². The van der Waals surface area contributed by atoms with Crippen LogP contribution in [0.1, 0.15) is 12.8 Å². The lowest BCUT2D eigenvalue weighted by Gasteiger charge is -2.23. The van der Waals surface area contributed by atoms with E-state index in [4.69, 9.17) is 4.74 Å². The van der Waals surface area contributed by atoms with E-state index in [0.29, 0.717) is 25.8 Å². The summed E-state index contributed by atoms with van der Waals surface area (Å²) in [5.41, 5.74) is 0. The van der Waals surface area contributed by atoms with E-state index in [-0.39, 0.29) is 5.91 Å². The Kier molecular flexibility index (Phi) is 6.37. The molecule has 0 spiro atoms. The fraction of sp³-hybridized carbons (Fsp3) is 0.909. The molecule has 1 aliphatic heterocycles. The average molecular weight is 229 g/mol. The van der Waals surface area contributed by atoms with Crippen molar-refractivity contribution >= 4 is 5.91 Å². The Bertz CT molecular complexity index is 203. The smallest absolute Gasteiger partial charge is 0.234 e. The monoisotopic (exact) mass is 229 g/mol. The molecule has 1 saturated heterocycles. The van der Waals surface area contributed by atoms with E-state index in [1.165, 1.54) is 0 Å². The van der Waals surface area contributed by atoms with Crippen LogP contribution in [0.25, 0.3) is 0 Å². The number of rotatable bonds is 6. The summed E-state index contributed by atoms with van der Waals surface area (Å²) in [6.07, 6.45) is 2.52. The summed E-state index contributed by atoms with van der Waals surface area (Å²) in [4.78, 5) is 13.1. The maximum Gasteiger partial charge on any atom is 0.234 e. The van der Waals surface area contributed by atoms with Gasteiger partial charge in [-0.3, -0.25) is 4.79 Å². The van der Waals surface area contributed by atoms with E-state index in [1.807, 2.05) is 19.0 Å². The highest BCUT2D eigenvalue weighted by molar-refractivity contribution is 5.77. The Morgan fingerprint density at radius 1 is 1.44 bits per heavy atom. The zero-order chi connectivity index (χ0) is 11.8. The normalized spacial score (nSPS) is 17.7. The third-order valence-electron chi connectivity index (χ3n) is 2.52. The van der Waals surface area contributed by atoms with E-state index < -0.39 is 0 Å². The molecule has 5 heteroatoms. The van der Waals surface area contributed by atoms with E-state index in [9.17, 15) is 4.79 Å². The van der Waals surface area contributed by atoms with Gasteiger partial charge in [0.1, 0.15) is 0 Å². The first kappa shape index (κ1) is 13.4. The number of ether oxygens (including phenoxy) is 1. The van der Waals surface area contributed by atoms with Gasteiger partial charge in [0.15, 0.2) is 0 Å². The van der Waals surface area contributed by atoms with E-state index in [2.05, 4.69) is 10.6 Å². The minimum Gasteiger partial charge on any atom is -0.376 e.